The standard InChI is InChI=1S/C12H19NO3/c14-11(13-7-6-8-4-5-8)9-2-1-3-10(9)12(15)16/h8-10H,1-7H2,(H,13,14)(H,15,16)/t9-,10+/m1/s1. The Morgan fingerprint density at radius 3 is 2.44 bits per heavy atom. The third-order valence-corrected chi connectivity index (χ3v) is 3.72. The van der Waals surface area contributed by atoms with Crippen LogP contribution in [0.25, 0.3) is 0 Å². The van der Waals surface area contributed by atoms with Crippen molar-refractivity contribution in [3.8, 4) is 0 Å². The molecule has 2 rings (SSSR count). The summed E-state index contributed by atoms with van der Waals surface area (Å²) < 4.78 is 0. The van der Waals surface area contributed by atoms with Crippen LogP contribution in [0.3, 0.4) is 0 Å². The molecule has 0 spiro atoms. The Hall–Kier alpha value is -1.06. The summed E-state index contributed by atoms with van der Waals surface area (Å²) in [4.78, 5) is 22.7. The molecule has 2 N–H and O–H groups in total. The third kappa shape index (κ3) is 2.74. The first-order chi connectivity index (χ1) is 7.68. The van der Waals surface area contributed by atoms with E-state index in [9.17, 15) is 9.59 Å². The minimum Gasteiger partial charge on any atom is -0.481 e. The highest BCUT2D eigenvalue weighted by molar-refractivity contribution is 5.85. The van der Waals surface area contributed by atoms with Crippen molar-refractivity contribution in [2.24, 2.45) is 17.8 Å². The molecule has 0 aliphatic heterocycles. The normalized spacial score (nSPS) is 29.0. The van der Waals surface area contributed by atoms with Crippen LogP contribution in [0.15, 0.2) is 0 Å². The van der Waals surface area contributed by atoms with E-state index in [4.69, 9.17) is 5.11 Å². The van der Waals surface area contributed by atoms with Gasteiger partial charge in [0.05, 0.1) is 11.8 Å². The first kappa shape index (κ1) is 11.4. The van der Waals surface area contributed by atoms with Gasteiger partial charge in [-0.1, -0.05) is 19.3 Å². The topological polar surface area (TPSA) is 66.4 Å². The SMILES string of the molecule is O=C(O)[C@H]1CCC[C@H]1C(=O)NCCC1CC1. The highest BCUT2D eigenvalue weighted by atomic mass is 16.4. The van der Waals surface area contributed by atoms with Crippen LogP contribution in [-0.2, 0) is 9.59 Å². The van der Waals surface area contributed by atoms with Crippen molar-refractivity contribution in [3.05, 3.63) is 0 Å². The molecular weight excluding hydrogens is 206 g/mol. The highest BCUT2D eigenvalue weighted by Crippen LogP contribution is 2.33. The Morgan fingerprint density at radius 1 is 1.12 bits per heavy atom. The van der Waals surface area contributed by atoms with Crippen LogP contribution >= 0.6 is 0 Å². The van der Waals surface area contributed by atoms with Gasteiger partial charge in [-0.2, -0.15) is 0 Å². The number of carbonyl (C=O) groups is 2. The van der Waals surface area contributed by atoms with Crippen molar-refractivity contribution in [3.63, 3.8) is 0 Å². The Bertz CT molecular complexity index is 286. The molecule has 0 aromatic heterocycles. The van der Waals surface area contributed by atoms with E-state index in [-0.39, 0.29) is 11.8 Å². The Balaban J connectivity index is 1.75. The molecule has 0 heterocycles. The number of amides is 1. The summed E-state index contributed by atoms with van der Waals surface area (Å²) in [6.07, 6.45) is 5.87. The smallest absolute Gasteiger partial charge is 0.307 e. The molecular formula is C12H19NO3. The average molecular weight is 225 g/mol. The van der Waals surface area contributed by atoms with E-state index in [1.54, 1.807) is 0 Å². The monoisotopic (exact) mass is 225 g/mol. The van der Waals surface area contributed by atoms with E-state index < -0.39 is 11.9 Å². The maximum Gasteiger partial charge on any atom is 0.307 e. The van der Waals surface area contributed by atoms with Gasteiger partial charge >= 0.3 is 5.97 Å². The van der Waals surface area contributed by atoms with Crippen LogP contribution in [0.4, 0.5) is 0 Å². The first-order valence-electron chi connectivity index (χ1n) is 6.19. The zero-order chi connectivity index (χ0) is 11.5. The fourth-order valence-corrected chi connectivity index (χ4v) is 2.51. The second kappa shape index (κ2) is 4.85. The van der Waals surface area contributed by atoms with Crippen LogP contribution in [-0.4, -0.2) is 23.5 Å². The molecule has 2 aliphatic carbocycles. The van der Waals surface area contributed by atoms with Gasteiger partial charge in [0.1, 0.15) is 0 Å². The largest absolute Gasteiger partial charge is 0.481 e. The lowest BCUT2D eigenvalue weighted by Crippen LogP contribution is -2.35. The number of nitrogens with one attached hydrogen (secondary N) is 1. The molecule has 0 aromatic carbocycles. The van der Waals surface area contributed by atoms with Gasteiger partial charge in [-0.25, -0.2) is 0 Å². The van der Waals surface area contributed by atoms with Gasteiger partial charge < -0.3 is 10.4 Å². The molecule has 2 atom stereocenters. The van der Waals surface area contributed by atoms with Crippen LogP contribution < -0.4 is 5.32 Å². The fourth-order valence-electron chi connectivity index (χ4n) is 2.51. The summed E-state index contributed by atoms with van der Waals surface area (Å²) in [5.41, 5.74) is 0. The predicted molar refractivity (Wildman–Crippen MR) is 58.8 cm³/mol. The summed E-state index contributed by atoms with van der Waals surface area (Å²) in [5.74, 6) is -0.817. The van der Waals surface area contributed by atoms with Crippen LogP contribution in [0.5, 0.6) is 0 Å². The van der Waals surface area contributed by atoms with E-state index in [2.05, 4.69) is 5.32 Å². The highest BCUT2D eigenvalue weighted by Gasteiger charge is 2.37. The Labute approximate surface area is 95.4 Å². The fraction of sp³-hybridized carbons (Fsp3) is 0.833. The lowest BCUT2D eigenvalue weighted by molar-refractivity contribution is -0.146. The van der Waals surface area contributed by atoms with Crippen LogP contribution in [0, 0.1) is 17.8 Å². The predicted octanol–water partition coefficient (Wildman–Crippen LogP) is 1.40. The van der Waals surface area contributed by atoms with E-state index in [0.717, 1.165) is 25.2 Å². The lowest BCUT2D eigenvalue weighted by atomic mass is 9.95. The van der Waals surface area contributed by atoms with E-state index in [1.807, 2.05) is 0 Å². The van der Waals surface area contributed by atoms with Gasteiger partial charge in [-0.15, -0.1) is 0 Å². The summed E-state index contributed by atoms with van der Waals surface area (Å²) in [7, 11) is 0. The maximum absolute atomic E-state index is 11.8. The van der Waals surface area contributed by atoms with Crippen molar-refractivity contribution in [1.29, 1.82) is 0 Å². The molecule has 16 heavy (non-hydrogen) atoms. The van der Waals surface area contributed by atoms with Crippen molar-refractivity contribution in [2.45, 2.75) is 38.5 Å². The first-order valence-corrected chi connectivity index (χ1v) is 6.19. The molecule has 4 heteroatoms. The summed E-state index contributed by atoms with van der Waals surface area (Å²) >= 11 is 0. The van der Waals surface area contributed by atoms with Gasteiger partial charge in [0.25, 0.3) is 0 Å². The molecule has 2 saturated carbocycles. The minimum atomic E-state index is -0.820. The third-order valence-electron chi connectivity index (χ3n) is 3.72. The molecule has 0 saturated heterocycles. The lowest BCUT2D eigenvalue weighted by Gasteiger charge is -2.15. The molecule has 4 nitrogen and oxygen atoms in total. The molecule has 0 bridgehead atoms. The second-order valence-electron chi connectivity index (χ2n) is 5.01. The van der Waals surface area contributed by atoms with E-state index in [0.29, 0.717) is 13.0 Å². The number of aliphatic carboxylic acids is 1. The van der Waals surface area contributed by atoms with Gasteiger partial charge in [0, 0.05) is 6.54 Å². The second-order valence-corrected chi connectivity index (χ2v) is 5.01. The Kier molecular flexibility index (Phi) is 3.46. The molecule has 1 amide bonds. The van der Waals surface area contributed by atoms with Crippen molar-refractivity contribution >= 4 is 11.9 Å². The van der Waals surface area contributed by atoms with Crippen molar-refractivity contribution in [2.75, 3.05) is 6.54 Å². The summed E-state index contributed by atoms with van der Waals surface area (Å²) in [6, 6.07) is 0. The van der Waals surface area contributed by atoms with Crippen LogP contribution in [0.1, 0.15) is 38.5 Å². The number of carbonyl (C=O) groups excluding carboxylic acids is 1. The zero-order valence-corrected chi connectivity index (χ0v) is 9.45. The van der Waals surface area contributed by atoms with Crippen molar-refractivity contribution < 1.29 is 14.7 Å². The molecule has 0 unspecified atom stereocenters. The number of carboxylic acid groups (broad SMARTS) is 1. The molecule has 2 fully saturated rings. The molecule has 2 aliphatic rings. The quantitative estimate of drug-likeness (QED) is 0.743. The number of rotatable bonds is 5. The number of hydrogen-bond acceptors (Lipinski definition) is 2. The maximum atomic E-state index is 11.8. The van der Waals surface area contributed by atoms with Gasteiger partial charge in [0.2, 0.25) is 5.91 Å². The van der Waals surface area contributed by atoms with Crippen LogP contribution in [0.2, 0.25) is 0 Å². The van der Waals surface area contributed by atoms with Gasteiger partial charge in [0.15, 0.2) is 0 Å². The minimum absolute atomic E-state index is 0.0504. The summed E-state index contributed by atoms with van der Waals surface area (Å²) in [5, 5.41) is 11.9. The molecule has 0 aromatic rings. The number of carboxylic acids is 1. The molecule has 90 valence electrons. The van der Waals surface area contributed by atoms with Gasteiger partial charge in [-0.3, -0.25) is 9.59 Å². The number of hydrogen-bond donors (Lipinski definition) is 2. The summed E-state index contributed by atoms with van der Waals surface area (Å²) in [6.45, 7) is 0.715. The van der Waals surface area contributed by atoms with E-state index >= 15 is 0 Å². The Morgan fingerprint density at radius 2 is 1.81 bits per heavy atom. The molecule has 0 radical (unpaired) electrons. The average Bonchev–Trinajstić information content (AvgIpc) is 2.93. The van der Waals surface area contributed by atoms with Crippen molar-refractivity contribution in [1.82, 2.24) is 5.32 Å². The van der Waals surface area contributed by atoms with E-state index in [1.165, 1.54) is 12.8 Å². The van der Waals surface area contributed by atoms with Gasteiger partial charge in [-0.05, 0) is 25.2 Å². The zero-order valence-electron chi connectivity index (χ0n) is 9.45.